The molecule has 2 aromatic heterocycles. The predicted molar refractivity (Wildman–Crippen MR) is 86.6 cm³/mol. The summed E-state index contributed by atoms with van der Waals surface area (Å²) in [6, 6.07) is 7.47. The average molecular weight is 345 g/mol. The smallest absolute Gasteiger partial charge is 0.307 e. The Hall–Kier alpha value is -2.61. The maximum atomic E-state index is 11.7. The molecule has 1 atom stereocenters. The molecule has 0 fully saturated rings. The van der Waals surface area contributed by atoms with Gasteiger partial charge in [0.15, 0.2) is 17.6 Å². The molecular formula is C16H15N3O4S. The molecule has 0 radical (unpaired) electrons. The van der Waals surface area contributed by atoms with Crippen LogP contribution in [0.4, 0.5) is 0 Å². The number of para-hydroxylation sites is 2. The number of aryl methyl sites for hydroxylation is 2. The molecule has 8 heteroatoms. The third-order valence-corrected chi connectivity index (χ3v) is 4.69. The number of hydrogen-bond donors (Lipinski definition) is 0. The quantitative estimate of drug-likeness (QED) is 0.722. The summed E-state index contributed by atoms with van der Waals surface area (Å²) in [6.07, 6.45) is 0.0947. The van der Waals surface area contributed by atoms with Crippen molar-refractivity contribution in [3.05, 3.63) is 56.7 Å². The second-order valence-corrected chi connectivity index (χ2v) is 6.28. The molecule has 0 bridgehead atoms. The Morgan fingerprint density at radius 1 is 1.33 bits per heavy atom. The molecule has 1 aliphatic heterocycles. The fraction of sp³-hybridized carbons (Fsp3) is 0.312. The van der Waals surface area contributed by atoms with Gasteiger partial charge in [0.05, 0.1) is 0 Å². The molecule has 24 heavy (non-hydrogen) atoms. The highest BCUT2D eigenvalue weighted by molar-refractivity contribution is 7.07. The van der Waals surface area contributed by atoms with E-state index in [0.717, 1.165) is 5.69 Å². The third kappa shape index (κ3) is 2.80. The Morgan fingerprint density at radius 2 is 2.17 bits per heavy atom. The van der Waals surface area contributed by atoms with Crippen molar-refractivity contribution in [1.82, 2.24) is 14.7 Å². The first-order chi connectivity index (χ1) is 11.7. The van der Waals surface area contributed by atoms with Gasteiger partial charge >= 0.3 is 4.87 Å². The summed E-state index contributed by atoms with van der Waals surface area (Å²) in [5.74, 6) is 2.31. The summed E-state index contributed by atoms with van der Waals surface area (Å²) in [4.78, 5) is 16.1. The largest absolute Gasteiger partial charge is 0.485 e. The number of hydrogen-bond acceptors (Lipinski definition) is 7. The van der Waals surface area contributed by atoms with Crippen LogP contribution < -0.4 is 14.3 Å². The van der Waals surface area contributed by atoms with Crippen molar-refractivity contribution in [3.8, 4) is 11.5 Å². The summed E-state index contributed by atoms with van der Waals surface area (Å²) in [7, 11) is 0. The van der Waals surface area contributed by atoms with Crippen LogP contribution in [0.25, 0.3) is 0 Å². The van der Waals surface area contributed by atoms with Crippen molar-refractivity contribution in [2.75, 3.05) is 6.61 Å². The molecule has 3 heterocycles. The molecule has 1 aliphatic rings. The zero-order valence-electron chi connectivity index (χ0n) is 13.0. The lowest BCUT2D eigenvalue weighted by Crippen LogP contribution is -2.22. The topological polar surface area (TPSA) is 79.4 Å². The zero-order chi connectivity index (χ0) is 16.5. The molecule has 3 aromatic rings. The second-order valence-electron chi connectivity index (χ2n) is 5.46. The van der Waals surface area contributed by atoms with E-state index < -0.39 is 6.10 Å². The lowest BCUT2D eigenvalue weighted by Gasteiger charge is -2.24. The van der Waals surface area contributed by atoms with Gasteiger partial charge in [-0.15, -0.1) is 0 Å². The van der Waals surface area contributed by atoms with Gasteiger partial charge in [0.1, 0.15) is 6.61 Å². The van der Waals surface area contributed by atoms with E-state index >= 15 is 0 Å². The van der Waals surface area contributed by atoms with Gasteiger partial charge in [-0.25, -0.2) is 0 Å². The van der Waals surface area contributed by atoms with Gasteiger partial charge in [0.2, 0.25) is 11.7 Å². The number of nitrogens with zero attached hydrogens (tertiary/aromatic N) is 3. The maximum absolute atomic E-state index is 11.7. The van der Waals surface area contributed by atoms with Crippen molar-refractivity contribution < 1.29 is 14.0 Å². The van der Waals surface area contributed by atoms with Crippen LogP contribution in [-0.4, -0.2) is 21.3 Å². The van der Waals surface area contributed by atoms with Gasteiger partial charge in [0.25, 0.3) is 0 Å². The Balaban J connectivity index is 1.45. The van der Waals surface area contributed by atoms with Crippen molar-refractivity contribution in [2.24, 2.45) is 0 Å². The lowest BCUT2D eigenvalue weighted by molar-refractivity contribution is 0.0832. The molecular weight excluding hydrogens is 330 g/mol. The van der Waals surface area contributed by atoms with E-state index in [2.05, 4.69) is 10.1 Å². The highest BCUT2D eigenvalue weighted by Gasteiger charge is 2.26. The Kier molecular flexibility index (Phi) is 3.81. The monoisotopic (exact) mass is 345 g/mol. The molecule has 0 saturated carbocycles. The number of fused-ring (bicyclic) bond motifs is 1. The Morgan fingerprint density at radius 3 is 2.96 bits per heavy atom. The highest BCUT2D eigenvalue weighted by Crippen LogP contribution is 2.35. The normalized spacial score (nSPS) is 16.3. The van der Waals surface area contributed by atoms with Crippen LogP contribution in [-0.2, 0) is 13.0 Å². The molecule has 0 saturated heterocycles. The van der Waals surface area contributed by atoms with Gasteiger partial charge in [-0.05, 0) is 19.1 Å². The third-order valence-electron chi connectivity index (χ3n) is 3.81. The molecule has 0 spiro atoms. The fourth-order valence-electron chi connectivity index (χ4n) is 2.53. The highest BCUT2D eigenvalue weighted by atomic mass is 32.1. The van der Waals surface area contributed by atoms with E-state index in [4.69, 9.17) is 14.0 Å². The van der Waals surface area contributed by atoms with Crippen molar-refractivity contribution >= 4 is 11.3 Å². The molecule has 1 unspecified atom stereocenters. The van der Waals surface area contributed by atoms with E-state index in [-0.39, 0.29) is 4.87 Å². The van der Waals surface area contributed by atoms with Gasteiger partial charge in [-0.3, -0.25) is 4.79 Å². The summed E-state index contributed by atoms with van der Waals surface area (Å²) in [5, 5.41) is 5.82. The number of aromatic nitrogens is 3. The first kappa shape index (κ1) is 14.9. The minimum atomic E-state index is -0.400. The van der Waals surface area contributed by atoms with E-state index in [1.807, 2.05) is 36.6 Å². The lowest BCUT2D eigenvalue weighted by atomic mass is 10.2. The van der Waals surface area contributed by atoms with Gasteiger partial charge in [-0.2, -0.15) is 4.98 Å². The summed E-state index contributed by atoms with van der Waals surface area (Å²) in [5.41, 5.74) is 0.936. The van der Waals surface area contributed by atoms with Crippen molar-refractivity contribution in [2.45, 2.75) is 26.0 Å². The summed E-state index contributed by atoms with van der Waals surface area (Å²) >= 11 is 1.19. The Bertz CT molecular complexity index is 914. The maximum Gasteiger partial charge on any atom is 0.307 e. The minimum absolute atomic E-state index is 0.0212. The van der Waals surface area contributed by atoms with Crippen LogP contribution in [0, 0.1) is 6.92 Å². The van der Waals surface area contributed by atoms with Crippen molar-refractivity contribution in [3.63, 3.8) is 0 Å². The first-order valence-corrected chi connectivity index (χ1v) is 8.44. The fourth-order valence-corrected chi connectivity index (χ4v) is 3.29. The van der Waals surface area contributed by atoms with E-state index in [1.54, 1.807) is 4.57 Å². The number of thiazole rings is 1. The number of ether oxygens (including phenoxy) is 2. The van der Waals surface area contributed by atoms with Crippen LogP contribution >= 0.6 is 11.3 Å². The molecule has 4 rings (SSSR count). The molecule has 7 nitrogen and oxygen atoms in total. The van der Waals surface area contributed by atoms with E-state index in [0.29, 0.717) is 42.8 Å². The molecule has 124 valence electrons. The molecule has 0 aliphatic carbocycles. The number of rotatable bonds is 4. The van der Waals surface area contributed by atoms with Crippen LogP contribution in [0.3, 0.4) is 0 Å². The molecule has 0 N–H and O–H groups in total. The van der Waals surface area contributed by atoms with Crippen molar-refractivity contribution in [1.29, 1.82) is 0 Å². The SMILES string of the molecule is Cc1csc(=O)n1CCc1nc(C2COc3ccccc3O2)no1. The molecule has 1 aromatic carbocycles. The van der Waals surface area contributed by atoms with E-state index in [9.17, 15) is 4.79 Å². The van der Waals surface area contributed by atoms with E-state index in [1.165, 1.54) is 11.3 Å². The van der Waals surface area contributed by atoms with Gasteiger partial charge in [-0.1, -0.05) is 28.6 Å². The number of benzene rings is 1. The van der Waals surface area contributed by atoms with Crippen LogP contribution in [0.5, 0.6) is 11.5 Å². The molecule has 0 amide bonds. The van der Waals surface area contributed by atoms with Gasteiger partial charge < -0.3 is 18.6 Å². The summed E-state index contributed by atoms with van der Waals surface area (Å²) in [6.45, 7) is 2.75. The standard InChI is InChI=1S/C16H15N3O4S/c1-10-9-24-16(20)19(10)7-6-14-17-15(18-23-14)13-8-21-11-4-2-3-5-12(11)22-13/h2-5,9,13H,6-8H2,1H3. The Labute approximate surface area is 141 Å². The zero-order valence-corrected chi connectivity index (χ0v) is 13.8. The summed E-state index contributed by atoms with van der Waals surface area (Å²) < 4.78 is 18.5. The first-order valence-electron chi connectivity index (χ1n) is 7.56. The van der Waals surface area contributed by atoms with Crippen LogP contribution in [0.15, 0.2) is 39.0 Å². The average Bonchev–Trinajstić information content (AvgIpc) is 3.20. The second kappa shape index (κ2) is 6.12. The van der Waals surface area contributed by atoms with Crippen LogP contribution in [0.2, 0.25) is 0 Å². The van der Waals surface area contributed by atoms with Crippen LogP contribution in [0.1, 0.15) is 23.5 Å². The minimum Gasteiger partial charge on any atom is -0.485 e. The predicted octanol–water partition coefficient (Wildman–Crippen LogP) is 2.36. The van der Waals surface area contributed by atoms with Gasteiger partial charge in [0, 0.05) is 24.0 Å².